The lowest BCUT2D eigenvalue weighted by molar-refractivity contribution is 0.493. The summed E-state index contributed by atoms with van der Waals surface area (Å²) in [6.45, 7) is 1.97. The summed E-state index contributed by atoms with van der Waals surface area (Å²) in [6.07, 6.45) is 1.72. The number of rotatable bonds is 5. The summed E-state index contributed by atoms with van der Waals surface area (Å²) in [7, 11) is 3.83. The number of nitrogens with zero attached hydrogens (tertiary/aromatic N) is 3. The summed E-state index contributed by atoms with van der Waals surface area (Å²) >= 11 is 7.65. The van der Waals surface area contributed by atoms with Crippen molar-refractivity contribution >= 4 is 35.2 Å². The predicted molar refractivity (Wildman–Crippen MR) is 106 cm³/mol. The molecule has 3 rings (SSSR count). The zero-order chi connectivity index (χ0) is 17.8. The molecule has 128 valence electrons. The number of hydrogen-bond acceptors (Lipinski definition) is 4. The van der Waals surface area contributed by atoms with Crippen LogP contribution >= 0.6 is 23.1 Å². The summed E-state index contributed by atoms with van der Waals surface area (Å²) in [4.78, 5) is 6.22. The fourth-order valence-electron chi connectivity index (χ4n) is 2.19. The highest BCUT2D eigenvalue weighted by Gasteiger charge is 2.10. The molecule has 0 aliphatic rings. The Morgan fingerprint density at radius 1 is 1.16 bits per heavy atom. The van der Waals surface area contributed by atoms with Gasteiger partial charge in [-0.15, -0.1) is 0 Å². The van der Waals surface area contributed by atoms with Crippen molar-refractivity contribution in [2.24, 2.45) is 4.99 Å². The first-order chi connectivity index (χ1) is 12.0. The zero-order valence-corrected chi connectivity index (χ0v) is 15.8. The van der Waals surface area contributed by atoms with Crippen LogP contribution in [0.15, 0.2) is 53.5 Å². The molecule has 0 aliphatic carbocycles. The third-order valence-electron chi connectivity index (χ3n) is 3.44. The lowest BCUT2D eigenvalue weighted by atomic mass is 10.2. The third-order valence-corrected chi connectivity index (χ3v) is 4.41. The Kier molecular flexibility index (Phi) is 5.36. The van der Waals surface area contributed by atoms with E-state index >= 15 is 0 Å². The molecule has 0 N–H and O–H groups in total. The maximum absolute atomic E-state index is 6.33. The van der Waals surface area contributed by atoms with Crippen LogP contribution in [0.2, 0.25) is 5.02 Å². The van der Waals surface area contributed by atoms with Crippen LogP contribution in [0, 0.1) is 6.92 Å². The van der Waals surface area contributed by atoms with Gasteiger partial charge in [0.1, 0.15) is 5.75 Å². The van der Waals surface area contributed by atoms with E-state index in [0.29, 0.717) is 10.8 Å². The number of halogens is 1. The van der Waals surface area contributed by atoms with E-state index in [-0.39, 0.29) is 0 Å². The standard InChI is InChI=1S/C19H18ClN3OS/c1-13-9-17(21-12-23(2)3)15(20)10-18(13)24-19-11-16(22-25-19)14-7-5-4-6-8-14/h4-12H,1-3H3/b21-12-. The molecule has 3 aromatic rings. The Balaban J connectivity index is 1.82. The molecule has 0 aliphatic heterocycles. The molecule has 0 spiro atoms. The second-order valence-electron chi connectivity index (χ2n) is 5.78. The number of ether oxygens (including phenoxy) is 1. The molecular formula is C19H18ClN3OS. The summed E-state index contributed by atoms with van der Waals surface area (Å²) in [6, 6.07) is 15.7. The molecule has 0 atom stereocenters. The zero-order valence-electron chi connectivity index (χ0n) is 14.2. The van der Waals surface area contributed by atoms with E-state index < -0.39 is 0 Å². The van der Waals surface area contributed by atoms with Crippen molar-refractivity contribution in [3.05, 3.63) is 59.1 Å². The third kappa shape index (κ3) is 4.38. The molecule has 0 fully saturated rings. The fraction of sp³-hybridized carbons (Fsp3) is 0.158. The van der Waals surface area contributed by atoms with Gasteiger partial charge in [-0.25, -0.2) is 4.99 Å². The van der Waals surface area contributed by atoms with E-state index in [1.54, 1.807) is 12.4 Å². The molecule has 0 unspecified atom stereocenters. The first-order valence-electron chi connectivity index (χ1n) is 7.73. The van der Waals surface area contributed by atoms with E-state index in [9.17, 15) is 0 Å². The van der Waals surface area contributed by atoms with E-state index in [0.717, 1.165) is 27.6 Å². The molecule has 0 radical (unpaired) electrons. The van der Waals surface area contributed by atoms with Crippen molar-refractivity contribution in [2.45, 2.75) is 6.92 Å². The Labute approximate surface area is 156 Å². The monoisotopic (exact) mass is 371 g/mol. The highest BCUT2D eigenvalue weighted by molar-refractivity contribution is 7.08. The molecule has 25 heavy (non-hydrogen) atoms. The minimum absolute atomic E-state index is 0.548. The molecular weight excluding hydrogens is 354 g/mol. The molecule has 1 heterocycles. The van der Waals surface area contributed by atoms with Gasteiger partial charge in [-0.05, 0) is 18.6 Å². The first-order valence-corrected chi connectivity index (χ1v) is 8.89. The van der Waals surface area contributed by atoms with E-state index in [1.807, 2.05) is 68.4 Å². The maximum atomic E-state index is 6.33. The van der Waals surface area contributed by atoms with Crippen molar-refractivity contribution in [1.29, 1.82) is 0 Å². The topological polar surface area (TPSA) is 37.7 Å². The fourth-order valence-corrected chi connectivity index (χ4v) is 3.03. The van der Waals surface area contributed by atoms with Gasteiger partial charge in [0, 0.05) is 43.3 Å². The molecule has 6 heteroatoms. The molecule has 0 amide bonds. The number of aliphatic imine (C=N–C) groups is 1. The van der Waals surface area contributed by atoms with E-state index in [4.69, 9.17) is 16.3 Å². The lowest BCUT2D eigenvalue weighted by Gasteiger charge is -2.09. The molecule has 4 nitrogen and oxygen atoms in total. The van der Waals surface area contributed by atoms with Crippen molar-refractivity contribution in [1.82, 2.24) is 9.27 Å². The Morgan fingerprint density at radius 3 is 2.64 bits per heavy atom. The summed E-state index contributed by atoms with van der Waals surface area (Å²) in [5, 5.41) is 1.27. The Morgan fingerprint density at radius 2 is 1.92 bits per heavy atom. The smallest absolute Gasteiger partial charge is 0.200 e. The van der Waals surface area contributed by atoms with Gasteiger partial charge in [0.25, 0.3) is 0 Å². The molecule has 0 saturated heterocycles. The Hall–Kier alpha value is -2.37. The van der Waals surface area contributed by atoms with Gasteiger partial charge in [-0.2, -0.15) is 4.37 Å². The quantitative estimate of drug-likeness (QED) is 0.421. The van der Waals surface area contributed by atoms with Crippen LogP contribution in [-0.4, -0.2) is 29.7 Å². The average Bonchev–Trinajstić information content (AvgIpc) is 3.06. The maximum Gasteiger partial charge on any atom is 0.200 e. The van der Waals surface area contributed by atoms with Crippen LogP contribution in [0.25, 0.3) is 11.3 Å². The molecule has 1 aromatic heterocycles. The van der Waals surface area contributed by atoms with Crippen LogP contribution in [0.1, 0.15) is 5.56 Å². The summed E-state index contributed by atoms with van der Waals surface area (Å²) < 4.78 is 10.4. The molecule has 0 bridgehead atoms. The van der Waals surface area contributed by atoms with Gasteiger partial charge in [0.15, 0.2) is 0 Å². The van der Waals surface area contributed by atoms with Crippen LogP contribution in [-0.2, 0) is 0 Å². The van der Waals surface area contributed by atoms with E-state index in [2.05, 4.69) is 9.37 Å². The van der Waals surface area contributed by atoms with Gasteiger partial charge >= 0.3 is 0 Å². The van der Waals surface area contributed by atoms with Crippen LogP contribution in [0.5, 0.6) is 10.8 Å². The van der Waals surface area contributed by atoms with Gasteiger partial charge in [0.05, 0.1) is 22.7 Å². The van der Waals surface area contributed by atoms with Crippen molar-refractivity contribution in [2.75, 3.05) is 14.1 Å². The highest BCUT2D eigenvalue weighted by atomic mass is 35.5. The van der Waals surface area contributed by atoms with Crippen molar-refractivity contribution in [3.8, 4) is 22.1 Å². The minimum Gasteiger partial charge on any atom is -0.445 e. The van der Waals surface area contributed by atoms with Crippen LogP contribution in [0.3, 0.4) is 0 Å². The van der Waals surface area contributed by atoms with E-state index in [1.165, 1.54) is 11.5 Å². The number of aromatic nitrogens is 1. The second-order valence-corrected chi connectivity index (χ2v) is 6.95. The molecule has 2 aromatic carbocycles. The number of hydrogen-bond donors (Lipinski definition) is 0. The Bertz CT molecular complexity index is 891. The largest absolute Gasteiger partial charge is 0.445 e. The van der Waals surface area contributed by atoms with Crippen molar-refractivity contribution in [3.63, 3.8) is 0 Å². The lowest BCUT2D eigenvalue weighted by Crippen LogP contribution is -2.07. The van der Waals surface area contributed by atoms with Gasteiger partial charge in [-0.3, -0.25) is 0 Å². The first kappa shape index (κ1) is 17.5. The van der Waals surface area contributed by atoms with Gasteiger partial charge in [0.2, 0.25) is 5.06 Å². The number of aryl methyl sites for hydroxylation is 1. The summed E-state index contributed by atoms with van der Waals surface area (Å²) in [5.41, 5.74) is 3.65. The van der Waals surface area contributed by atoms with Crippen LogP contribution in [0.4, 0.5) is 5.69 Å². The van der Waals surface area contributed by atoms with Gasteiger partial charge in [-0.1, -0.05) is 41.9 Å². The van der Waals surface area contributed by atoms with Crippen LogP contribution < -0.4 is 4.74 Å². The normalized spacial score (nSPS) is 11.0. The minimum atomic E-state index is 0.548. The summed E-state index contributed by atoms with van der Waals surface area (Å²) in [5.74, 6) is 0.706. The predicted octanol–water partition coefficient (Wildman–Crippen LogP) is 5.79. The van der Waals surface area contributed by atoms with Gasteiger partial charge < -0.3 is 9.64 Å². The number of benzene rings is 2. The second kappa shape index (κ2) is 7.68. The SMILES string of the molecule is Cc1cc(/N=C\N(C)C)c(Cl)cc1Oc1cc(-c2ccccc2)ns1. The van der Waals surface area contributed by atoms with Crippen molar-refractivity contribution < 1.29 is 4.74 Å². The molecule has 0 saturated carbocycles. The highest BCUT2D eigenvalue weighted by Crippen LogP contribution is 2.37. The average molecular weight is 372 g/mol.